The molecule has 148 valence electrons. The normalized spacial score (nSPS) is 16.6. The summed E-state index contributed by atoms with van der Waals surface area (Å²) in [6.45, 7) is 1.56. The van der Waals surface area contributed by atoms with Gasteiger partial charge in [-0.2, -0.15) is 0 Å². The molecule has 1 atom stereocenters. The summed E-state index contributed by atoms with van der Waals surface area (Å²) in [7, 11) is 0. The van der Waals surface area contributed by atoms with Crippen LogP contribution >= 0.6 is 23.1 Å². The van der Waals surface area contributed by atoms with Crippen LogP contribution in [0.3, 0.4) is 0 Å². The summed E-state index contributed by atoms with van der Waals surface area (Å²) < 4.78 is 8.07. The fourth-order valence-electron chi connectivity index (χ4n) is 3.56. The monoisotopic (exact) mass is 423 g/mol. The molecule has 6 nitrogen and oxygen atoms in total. The average Bonchev–Trinajstić information content (AvgIpc) is 3.48. The Morgan fingerprint density at radius 3 is 2.86 bits per heavy atom. The third-order valence-electron chi connectivity index (χ3n) is 5.05. The third kappa shape index (κ3) is 3.75. The van der Waals surface area contributed by atoms with Gasteiger partial charge >= 0.3 is 0 Å². The zero-order valence-electron chi connectivity index (χ0n) is 15.8. The molecular weight excluding hydrogens is 402 g/mol. The van der Waals surface area contributed by atoms with Crippen LogP contribution in [0.4, 0.5) is 5.69 Å². The Morgan fingerprint density at radius 1 is 1.17 bits per heavy atom. The SMILES string of the molecule is Nc1c(-c2nnc(SCc3ccccc3)n2C[C@@H]2CCCO2)sc2ncccc12. The zero-order valence-corrected chi connectivity index (χ0v) is 17.5. The number of pyridine rings is 1. The molecule has 0 unspecified atom stereocenters. The molecule has 2 N–H and O–H groups in total. The largest absolute Gasteiger partial charge is 0.397 e. The van der Waals surface area contributed by atoms with E-state index in [2.05, 4.69) is 44.0 Å². The topological polar surface area (TPSA) is 78.8 Å². The van der Waals surface area contributed by atoms with Crippen LogP contribution in [-0.2, 0) is 17.0 Å². The van der Waals surface area contributed by atoms with E-state index < -0.39 is 0 Å². The van der Waals surface area contributed by atoms with Crippen molar-refractivity contribution in [3.8, 4) is 10.7 Å². The number of benzene rings is 1. The van der Waals surface area contributed by atoms with Gasteiger partial charge in [-0.3, -0.25) is 4.57 Å². The second-order valence-corrected chi connectivity index (χ2v) is 8.97. The summed E-state index contributed by atoms with van der Waals surface area (Å²) in [5, 5.41) is 10.9. The van der Waals surface area contributed by atoms with Gasteiger partial charge in [-0.1, -0.05) is 42.1 Å². The minimum Gasteiger partial charge on any atom is -0.397 e. The third-order valence-corrected chi connectivity index (χ3v) is 7.21. The molecule has 4 aromatic rings. The first-order valence-corrected chi connectivity index (χ1v) is 11.4. The quantitative estimate of drug-likeness (QED) is 0.456. The number of fused-ring (bicyclic) bond motifs is 1. The summed E-state index contributed by atoms with van der Waals surface area (Å²) in [6, 6.07) is 14.3. The summed E-state index contributed by atoms with van der Waals surface area (Å²) in [6.07, 6.45) is 4.14. The van der Waals surface area contributed by atoms with Gasteiger partial charge < -0.3 is 10.5 Å². The van der Waals surface area contributed by atoms with Gasteiger partial charge in [0.2, 0.25) is 0 Å². The van der Waals surface area contributed by atoms with Crippen LogP contribution in [0.25, 0.3) is 20.9 Å². The minimum atomic E-state index is 0.189. The van der Waals surface area contributed by atoms with E-state index in [1.54, 1.807) is 29.3 Å². The molecule has 0 aliphatic carbocycles. The molecule has 1 aliphatic rings. The number of nitrogens with two attached hydrogens (primary N) is 1. The highest BCUT2D eigenvalue weighted by Gasteiger charge is 2.24. The molecule has 1 aromatic carbocycles. The standard InChI is InChI=1S/C21H21N5OS2/c22-17-16-9-4-10-23-20(16)29-18(17)19-24-25-21(26(19)12-15-8-5-11-27-15)28-13-14-6-2-1-3-7-14/h1-4,6-7,9-10,15H,5,8,11-13,22H2/t15-/m0/s1. The molecule has 3 aromatic heterocycles. The van der Waals surface area contributed by atoms with E-state index in [0.29, 0.717) is 0 Å². The van der Waals surface area contributed by atoms with Crippen LogP contribution in [0.1, 0.15) is 18.4 Å². The molecule has 0 saturated carbocycles. The van der Waals surface area contributed by atoms with Crippen LogP contribution < -0.4 is 5.73 Å². The van der Waals surface area contributed by atoms with Crippen molar-refractivity contribution in [1.82, 2.24) is 19.7 Å². The smallest absolute Gasteiger partial charge is 0.191 e. The lowest BCUT2D eigenvalue weighted by molar-refractivity contribution is 0.0953. The molecule has 1 saturated heterocycles. The van der Waals surface area contributed by atoms with Crippen LogP contribution in [-0.4, -0.2) is 32.5 Å². The minimum absolute atomic E-state index is 0.189. The van der Waals surface area contributed by atoms with E-state index in [-0.39, 0.29) is 6.10 Å². The number of nitrogen functional groups attached to an aromatic ring is 1. The molecule has 4 heterocycles. The van der Waals surface area contributed by atoms with Gasteiger partial charge in [-0.25, -0.2) is 4.98 Å². The summed E-state index contributed by atoms with van der Waals surface area (Å²) in [4.78, 5) is 6.30. The lowest BCUT2D eigenvalue weighted by Crippen LogP contribution is -2.16. The van der Waals surface area contributed by atoms with E-state index in [0.717, 1.165) is 63.5 Å². The van der Waals surface area contributed by atoms with Gasteiger partial charge in [0.1, 0.15) is 4.83 Å². The highest BCUT2D eigenvalue weighted by molar-refractivity contribution is 7.98. The number of rotatable bonds is 6. The molecule has 1 aliphatic heterocycles. The van der Waals surface area contributed by atoms with Crippen molar-refractivity contribution >= 4 is 39.0 Å². The van der Waals surface area contributed by atoms with Crippen LogP contribution in [0.5, 0.6) is 0 Å². The zero-order chi connectivity index (χ0) is 19.6. The first-order valence-electron chi connectivity index (χ1n) is 9.64. The number of thioether (sulfide) groups is 1. The van der Waals surface area contributed by atoms with Gasteiger partial charge in [-0.05, 0) is 30.5 Å². The highest BCUT2D eigenvalue weighted by atomic mass is 32.2. The van der Waals surface area contributed by atoms with E-state index in [4.69, 9.17) is 10.5 Å². The maximum atomic E-state index is 6.47. The molecule has 1 fully saturated rings. The van der Waals surface area contributed by atoms with Crippen molar-refractivity contribution < 1.29 is 4.74 Å². The number of ether oxygens (including phenoxy) is 1. The van der Waals surface area contributed by atoms with Crippen LogP contribution in [0, 0.1) is 0 Å². The molecular formula is C21H21N5OS2. The number of nitrogens with zero attached hydrogens (tertiary/aromatic N) is 4. The molecule has 0 radical (unpaired) electrons. The van der Waals surface area contributed by atoms with E-state index >= 15 is 0 Å². The Labute approximate surface area is 177 Å². The van der Waals surface area contributed by atoms with Crippen molar-refractivity contribution in [3.63, 3.8) is 0 Å². The Kier molecular flexibility index (Phi) is 5.22. The molecule has 0 bridgehead atoms. The van der Waals surface area contributed by atoms with Gasteiger partial charge in [0.05, 0.1) is 23.2 Å². The molecule has 5 rings (SSSR count). The number of anilines is 1. The molecule has 0 spiro atoms. The first-order chi connectivity index (χ1) is 14.3. The van der Waals surface area contributed by atoms with Crippen molar-refractivity contribution in [2.24, 2.45) is 0 Å². The molecule has 29 heavy (non-hydrogen) atoms. The second-order valence-electron chi connectivity index (χ2n) is 7.03. The number of thiophene rings is 1. The Hall–Kier alpha value is -2.42. The van der Waals surface area contributed by atoms with Gasteiger partial charge in [-0.15, -0.1) is 21.5 Å². The fourth-order valence-corrected chi connectivity index (χ4v) is 5.52. The predicted octanol–water partition coefficient (Wildman–Crippen LogP) is 4.61. The first kappa shape index (κ1) is 18.6. The second kappa shape index (κ2) is 8.14. The van der Waals surface area contributed by atoms with Crippen LogP contribution in [0.2, 0.25) is 0 Å². The van der Waals surface area contributed by atoms with E-state index in [1.807, 2.05) is 18.2 Å². The van der Waals surface area contributed by atoms with E-state index in [9.17, 15) is 0 Å². The fraction of sp³-hybridized carbons (Fsp3) is 0.286. The number of hydrogen-bond donors (Lipinski definition) is 1. The van der Waals surface area contributed by atoms with Crippen molar-refractivity contribution in [3.05, 3.63) is 54.2 Å². The number of aromatic nitrogens is 4. The van der Waals surface area contributed by atoms with Gasteiger partial charge in [0.25, 0.3) is 0 Å². The summed E-state index contributed by atoms with van der Waals surface area (Å²) >= 11 is 3.26. The average molecular weight is 424 g/mol. The van der Waals surface area contributed by atoms with Crippen molar-refractivity contribution in [2.45, 2.75) is 36.4 Å². The Balaban J connectivity index is 1.51. The predicted molar refractivity (Wildman–Crippen MR) is 118 cm³/mol. The van der Waals surface area contributed by atoms with Gasteiger partial charge in [0, 0.05) is 23.9 Å². The Bertz CT molecular complexity index is 1120. The van der Waals surface area contributed by atoms with Crippen molar-refractivity contribution in [2.75, 3.05) is 12.3 Å². The highest BCUT2D eigenvalue weighted by Crippen LogP contribution is 2.40. The van der Waals surface area contributed by atoms with Crippen LogP contribution in [0.15, 0.2) is 53.8 Å². The lowest BCUT2D eigenvalue weighted by atomic mass is 10.2. The van der Waals surface area contributed by atoms with Crippen molar-refractivity contribution in [1.29, 1.82) is 0 Å². The molecule has 8 heteroatoms. The summed E-state index contributed by atoms with van der Waals surface area (Å²) in [5.41, 5.74) is 8.46. The molecule has 0 amide bonds. The lowest BCUT2D eigenvalue weighted by Gasteiger charge is -2.14. The van der Waals surface area contributed by atoms with Gasteiger partial charge in [0.15, 0.2) is 11.0 Å². The van der Waals surface area contributed by atoms with E-state index in [1.165, 1.54) is 5.56 Å². The maximum absolute atomic E-state index is 6.47. The maximum Gasteiger partial charge on any atom is 0.191 e. The Morgan fingerprint density at radius 2 is 2.07 bits per heavy atom. The number of hydrogen-bond acceptors (Lipinski definition) is 7. The summed E-state index contributed by atoms with van der Waals surface area (Å²) in [5.74, 6) is 1.64.